The van der Waals surface area contributed by atoms with Gasteiger partial charge in [-0.2, -0.15) is 5.10 Å². The summed E-state index contributed by atoms with van der Waals surface area (Å²) in [6.07, 6.45) is 4.21. The van der Waals surface area contributed by atoms with Crippen molar-refractivity contribution in [2.45, 2.75) is 11.8 Å². The van der Waals surface area contributed by atoms with Gasteiger partial charge in [0.1, 0.15) is 4.90 Å². The van der Waals surface area contributed by atoms with Crippen LogP contribution in [0, 0.1) is 6.92 Å². The first-order chi connectivity index (χ1) is 8.00. The second kappa shape index (κ2) is 4.13. The number of sulfonamides is 1. The zero-order valence-electron chi connectivity index (χ0n) is 9.32. The average Bonchev–Trinajstić information content (AvgIpc) is 2.61. The van der Waals surface area contributed by atoms with Gasteiger partial charge in [-0.25, -0.2) is 23.1 Å². The van der Waals surface area contributed by atoms with E-state index in [1.54, 1.807) is 20.0 Å². The van der Waals surface area contributed by atoms with Gasteiger partial charge >= 0.3 is 0 Å². The molecule has 2 heterocycles. The van der Waals surface area contributed by atoms with Crippen LogP contribution in [0.25, 0.3) is 0 Å². The van der Waals surface area contributed by atoms with Crippen molar-refractivity contribution in [2.24, 2.45) is 7.05 Å². The third-order valence-corrected chi connectivity index (χ3v) is 3.70. The van der Waals surface area contributed by atoms with E-state index in [1.807, 2.05) is 0 Å². The highest BCUT2D eigenvalue weighted by molar-refractivity contribution is 7.92. The van der Waals surface area contributed by atoms with Crippen LogP contribution in [-0.2, 0) is 17.1 Å². The third kappa shape index (κ3) is 2.26. The third-order valence-electron chi connectivity index (χ3n) is 2.27. The number of aryl methyl sites for hydroxylation is 1. The molecule has 0 amide bonds. The van der Waals surface area contributed by atoms with Crippen LogP contribution in [0.4, 0.5) is 5.95 Å². The van der Waals surface area contributed by atoms with Crippen molar-refractivity contribution in [1.82, 2.24) is 19.7 Å². The van der Waals surface area contributed by atoms with Gasteiger partial charge in [-0.15, -0.1) is 0 Å². The largest absolute Gasteiger partial charge is 0.272 e. The first kappa shape index (κ1) is 11.5. The van der Waals surface area contributed by atoms with Crippen molar-refractivity contribution in [2.75, 3.05) is 4.72 Å². The smallest absolute Gasteiger partial charge is 0.267 e. The van der Waals surface area contributed by atoms with Crippen LogP contribution in [0.15, 0.2) is 29.6 Å². The molecular weight excluding hydrogens is 242 g/mol. The Balaban J connectivity index is 2.35. The molecule has 17 heavy (non-hydrogen) atoms. The number of anilines is 1. The van der Waals surface area contributed by atoms with Gasteiger partial charge in [-0.05, 0) is 13.0 Å². The second-order valence-corrected chi connectivity index (χ2v) is 5.05. The Morgan fingerprint density at radius 3 is 2.47 bits per heavy atom. The highest BCUT2D eigenvalue weighted by Crippen LogP contribution is 2.15. The molecule has 8 heteroatoms. The van der Waals surface area contributed by atoms with Crippen LogP contribution in [0.3, 0.4) is 0 Å². The molecule has 0 saturated heterocycles. The molecule has 0 aliphatic heterocycles. The predicted molar refractivity (Wildman–Crippen MR) is 60.8 cm³/mol. The Morgan fingerprint density at radius 2 is 1.94 bits per heavy atom. The van der Waals surface area contributed by atoms with Crippen LogP contribution in [0.1, 0.15) is 5.69 Å². The molecule has 0 bridgehead atoms. The number of hydrogen-bond donors (Lipinski definition) is 1. The molecule has 0 atom stereocenters. The molecule has 2 aromatic rings. The van der Waals surface area contributed by atoms with Gasteiger partial charge < -0.3 is 0 Å². The lowest BCUT2D eigenvalue weighted by atomic mass is 10.5. The fourth-order valence-electron chi connectivity index (χ4n) is 1.27. The average molecular weight is 253 g/mol. The fourth-order valence-corrected chi connectivity index (χ4v) is 2.43. The normalized spacial score (nSPS) is 11.4. The lowest BCUT2D eigenvalue weighted by Crippen LogP contribution is -2.15. The van der Waals surface area contributed by atoms with Crippen molar-refractivity contribution in [3.8, 4) is 0 Å². The minimum Gasteiger partial charge on any atom is -0.272 e. The summed E-state index contributed by atoms with van der Waals surface area (Å²) in [5.41, 5.74) is 0.549. The number of rotatable bonds is 3. The van der Waals surface area contributed by atoms with Crippen LogP contribution in [0.2, 0.25) is 0 Å². The topological polar surface area (TPSA) is 89.8 Å². The van der Waals surface area contributed by atoms with E-state index in [0.29, 0.717) is 5.69 Å². The molecule has 7 nitrogen and oxygen atoms in total. The van der Waals surface area contributed by atoms with E-state index in [4.69, 9.17) is 0 Å². The summed E-state index contributed by atoms with van der Waals surface area (Å²) in [5, 5.41) is 3.88. The van der Waals surface area contributed by atoms with Gasteiger partial charge in [0.05, 0.1) is 11.9 Å². The Bertz CT molecular complexity index is 620. The Labute approximate surface area is 98.6 Å². The van der Waals surface area contributed by atoms with Gasteiger partial charge in [-0.1, -0.05) is 0 Å². The summed E-state index contributed by atoms with van der Waals surface area (Å²) in [7, 11) is -2.01. The molecule has 0 aliphatic carbocycles. The summed E-state index contributed by atoms with van der Waals surface area (Å²) in [6.45, 7) is 1.67. The molecule has 0 unspecified atom stereocenters. The standard InChI is InChI=1S/C9H11N5O2S/c1-7-8(6-12-14(7)2)17(15,16)13-9-10-4-3-5-11-9/h3-6H,1-2H3,(H,10,11,13). The summed E-state index contributed by atoms with van der Waals surface area (Å²) in [5.74, 6) is 0.0377. The van der Waals surface area contributed by atoms with Crippen LogP contribution in [0.5, 0.6) is 0 Å². The lowest BCUT2D eigenvalue weighted by Gasteiger charge is -2.05. The Kier molecular flexibility index (Phi) is 2.80. The van der Waals surface area contributed by atoms with E-state index >= 15 is 0 Å². The SMILES string of the molecule is Cc1c(S(=O)(=O)Nc2ncccn2)cnn1C. The summed E-state index contributed by atoms with van der Waals surface area (Å²) in [4.78, 5) is 7.71. The molecule has 90 valence electrons. The molecular formula is C9H11N5O2S. The quantitative estimate of drug-likeness (QED) is 0.850. The van der Waals surface area contributed by atoms with Crippen molar-refractivity contribution >= 4 is 16.0 Å². The lowest BCUT2D eigenvalue weighted by molar-refractivity contribution is 0.599. The second-order valence-electron chi connectivity index (χ2n) is 3.40. The summed E-state index contributed by atoms with van der Waals surface area (Å²) in [6, 6.07) is 1.60. The molecule has 0 aliphatic rings. The van der Waals surface area contributed by atoms with Crippen LogP contribution >= 0.6 is 0 Å². The monoisotopic (exact) mass is 253 g/mol. The maximum atomic E-state index is 12.0. The van der Waals surface area contributed by atoms with Gasteiger partial charge in [0.2, 0.25) is 5.95 Å². The maximum absolute atomic E-state index is 12.0. The fraction of sp³-hybridized carbons (Fsp3) is 0.222. The van der Waals surface area contributed by atoms with E-state index in [2.05, 4.69) is 19.8 Å². The zero-order valence-corrected chi connectivity index (χ0v) is 10.1. The molecule has 2 rings (SSSR count). The molecule has 2 aromatic heterocycles. The summed E-state index contributed by atoms with van der Waals surface area (Å²) < 4.78 is 27.8. The molecule has 0 radical (unpaired) electrons. The van der Waals surface area contributed by atoms with Crippen LogP contribution < -0.4 is 4.72 Å². The van der Waals surface area contributed by atoms with Crippen molar-refractivity contribution in [3.63, 3.8) is 0 Å². The van der Waals surface area contributed by atoms with E-state index < -0.39 is 10.0 Å². The number of nitrogens with zero attached hydrogens (tertiary/aromatic N) is 4. The number of aromatic nitrogens is 4. The van der Waals surface area contributed by atoms with Crippen molar-refractivity contribution < 1.29 is 8.42 Å². The molecule has 0 fully saturated rings. The van der Waals surface area contributed by atoms with Gasteiger partial charge in [0.25, 0.3) is 10.0 Å². The Hall–Kier alpha value is -1.96. The van der Waals surface area contributed by atoms with Crippen LogP contribution in [-0.4, -0.2) is 28.2 Å². The highest BCUT2D eigenvalue weighted by atomic mass is 32.2. The highest BCUT2D eigenvalue weighted by Gasteiger charge is 2.20. The van der Waals surface area contributed by atoms with Crippen molar-refractivity contribution in [1.29, 1.82) is 0 Å². The molecule has 0 spiro atoms. The zero-order chi connectivity index (χ0) is 12.5. The minimum atomic E-state index is -3.68. The van der Waals surface area contributed by atoms with Gasteiger partial charge in [0.15, 0.2) is 0 Å². The number of hydrogen-bond acceptors (Lipinski definition) is 5. The molecule has 0 saturated carbocycles. The van der Waals surface area contributed by atoms with E-state index in [-0.39, 0.29) is 10.8 Å². The van der Waals surface area contributed by atoms with E-state index in [0.717, 1.165) is 0 Å². The minimum absolute atomic E-state index is 0.0377. The van der Waals surface area contributed by atoms with Crippen molar-refractivity contribution in [3.05, 3.63) is 30.4 Å². The maximum Gasteiger partial charge on any atom is 0.267 e. The first-order valence-electron chi connectivity index (χ1n) is 4.79. The molecule has 1 N–H and O–H groups in total. The first-order valence-corrected chi connectivity index (χ1v) is 6.27. The number of nitrogens with one attached hydrogen (secondary N) is 1. The molecule has 0 aromatic carbocycles. The predicted octanol–water partition coefficient (Wildman–Crippen LogP) is 0.319. The summed E-state index contributed by atoms with van der Waals surface area (Å²) >= 11 is 0. The van der Waals surface area contributed by atoms with Gasteiger partial charge in [-0.3, -0.25) is 4.68 Å². The Morgan fingerprint density at radius 1 is 1.29 bits per heavy atom. The van der Waals surface area contributed by atoms with Gasteiger partial charge in [0, 0.05) is 19.4 Å². The van der Waals surface area contributed by atoms with E-state index in [9.17, 15) is 8.42 Å². The van der Waals surface area contributed by atoms with E-state index in [1.165, 1.54) is 23.3 Å².